The molecule has 0 N–H and O–H groups in total. The first-order valence-corrected chi connectivity index (χ1v) is 11.7. The number of anilines is 1. The van der Waals surface area contributed by atoms with Crippen molar-refractivity contribution in [3.05, 3.63) is 84.4 Å². The molecule has 178 valence electrons. The number of aryl methyl sites for hydroxylation is 1. The Balaban J connectivity index is 1.63. The van der Waals surface area contributed by atoms with E-state index in [1.54, 1.807) is 12.0 Å². The summed E-state index contributed by atoms with van der Waals surface area (Å²) in [5, 5.41) is 9.05. The van der Waals surface area contributed by atoms with E-state index < -0.39 is 0 Å². The SMILES string of the molecule is COc1ccc(-c2cc(-c3ccc(C)cc3)nc(-c3ccc4c(c3)N(CCC#N)C(=O)CO4)c2)cc1. The molecule has 1 amide bonds. The van der Waals surface area contributed by atoms with Crippen LogP contribution in [0.25, 0.3) is 33.6 Å². The fourth-order valence-corrected chi connectivity index (χ4v) is 4.27. The van der Waals surface area contributed by atoms with Gasteiger partial charge in [-0.2, -0.15) is 5.26 Å². The van der Waals surface area contributed by atoms with Gasteiger partial charge in [0.1, 0.15) is 11.5 Å². The quantitative estimate of drug-likeness (QED) is 0.340. The number of carbonyl (C=O) groups is 1. The average Bonchev–Trinajstić information content (AvgIpc) is 2.92. The average molecular weight is 476 g/mol. The van der Waals surface area contributed by atoms with Crippen molar-refractivity contribution in [1.82, 2.24) is 4.98 Å². The molecule has 0 saturated heterocycles. The Kier molecular flexibility index (Phi) is 6.38. The Morgan fingerprint density at radius 2 is 1.58 bits per heavy atom. The van der Waals surface area contributed by atoms with Crippen molar-refractivity contribution in [2.24, 2.45) is 0 Å². The van der Waals surface area contributed by atoms with Crippen molar-refractivity contribution in [3.63, 3.8) is 0 Å². The van der Waals surface area contributed by atoms with E-state index >= 15 is 0 Å². The lowest BCUT2D eigenvalue weighted by molar-refractivity contribution is -0.121. The Hall–Kier alpha value is -4.63. The molecule has 4 aromatic rings. The summed E-state index contributed by atoms with van der Waals surface area (Å²) in [5.41, 5.74) is 7.41. The van der Waals surface area contributed by atoms with Gasteiger partial charge in [-0.3, -0.25) is 4.79 Å². The van der Waals surface area contributed by atoms with Gasteiger partial charge in [0.2, 0.25) is 0 Å². The third kappa shape index (κ3) is 4.64. The van der Waals surface area contributed by atoms with Crippen LogP contribution in [0.4, 0.5) is 5.69 Å². The lowest BCUT2D eigenvalue weighted by Crippen LogP contribution is -2.39. The summed E-state index contributed by atoms with van der Waals surface area (Å²) < 4.78 is 11.0. The summed E-state index contributed by atoms with van der Waals surface area (Å²) >= 11 is 0. The predicted molar refractivity (Wildman–Crippen MR) is 140 cm³/mol. The molecule has 0 fully saturated rings. The molecule has 2 heterocycles. The summed E-state index contributed by atoms with van der Waals surface area (Å²) in [4.78, 5) is 19.2. The van der Waals surface area contributed by atoms with Crippen LogP contribution in [0.2, 0.25) is 0 Å². The van der Waals surface area contributed by atoms with Crippen LogP contribution in [0.1, 0.15) is 12.0 Å². The highest BCUT2D eigenvalue weighted by atomic mass is 16.5. The van der Waals surface area contributed by atoms with Crippen LogP contribution in [-0.4, -0.2) is 31.2 Å². The number of pyridine rings is 1. The Morgan fingerprint density at radius 3 is 2.28 bits per heavy atom. The molecular weight excluding hydrogens is 450 g/mol. The lowest BCUT2D eigenvalue weighted by atomic mass is 9.99. The molecule has 0 saturated carbocycles. The topological polar surface area (TPSA) is 75.5 Å². The van der Waals surface area contributed by atoms with E-state index in [0.717, 1.165) is 39.4 Å². The van der Waals surface area contributed by atoms with Gasteiger partial charge in [-0.1, -0.05) is 42.0 Å². The van der Waals surface area contributed by atoms with Gasteiger partial charge >= 0.3 is 0 Å². The number of aromatic nitrogens is 1. The minimum absolute atomic E-state index is 0.0272. The standard InChI is InChI=1S/C30H25N3O3/c1-20-4-6-22(7-5-20)26-16-24(21-8-11-25(35-2)12-9-21)17-27(32-26)23-10-13-29-28(18-23)33(15-3-14-31)30(34)19-36-29/h4-13,16-18H,3,15,19H2,1-2H3. The number of carbonyl (C=O) groups excluding carboxylic acids is 1. The molecule has 0 spiro atoms. The highest BCUT2D eigenvalue weighted by Crippen LogP contribution is 2.37. The fraction of sp³-hybridized carbons (Fsp3) is 0.167. The second kappa shape index (κ2) is 9.93. The van der Waals surface area contributed by atoms with Gasteiger partial charge in [-0.25, -0.2) is 4.98 Å². The molecule has 6 heteroatoms. The van der Waals surface area contributed by atoms with Crippen LogP contribution in [0, 0.1) is 18.3 Å². The molecule has 1 aromatic heterocycles. The number of ether oxygens (including phenoxy) is 2. The third-order valence-corrected chi connectivity index (χ3v) is 6.24. The van der Waals surface area contributed by atoms with E-state index in [1.807, 2.05) is 48.5 Å². The van der Waals surface area contributed by atoms with Crippen LogP contribution in [-0.2, 0) is 4.79 Å². The molecule has 3 aromatic carbocycles. The third-order valence-electron chi connectivity index (χ3n) is 6.24. The molecule has 5 rings (SSSR count). The molecule has 1 aliphatic heterocycles. The maximum atomic E-state index is 12.5. The second-order valence-electron chi connectivity index (χ2n) is 8.65. The molecular formula is C30H25N3O3. The van der Waals surface area contributed by atoms with Crippen LogP contribution in [0.5, 0.6) is 11.5 Å². The molecule has 0 radical (unpaired) electrons. The van der Waals surface area contributed by atoms with Crippen molar-refractivity contribution < 1.29 is 14.3 Å². The summed E-state index contributed by atoms with van der Waals surface area (Å²) in [6, 6.07) is 28.2. The number of amides is 1. The first-order chi connectivity index (χ1) is 17.6. The minimum Gasteiger partial charge on any atom is -0.497 e. The Bertz CT molecular complexity index is 1450. The highest BCUT2D eigenvalue weighted by molar-refractivity contribution is 5.98. The van der Waals surface area contributed by atoms with Crippen LogP contribution in [0.15, 0.2) is 78.9 Å². The number of hydrogen-bond acceptors (Lipinski definition) is 5. The van der Waals surface area contributed by atoms with Crippen LogP contribution in [0.3, 0.4) is 0 Å². The molecule has 0 aliphatic carbocycles. The molecule has 1 aliphatic rings. The fourth-order valence-electron chi connectivity index (χ4n) is 4.27. The van der Waals surface area contributed by atoms with Gasteiger partial charge in [0.05, 0.1) is 36.7 Å². The lowest BCUT2D eigenvalue weighted by Gasteiger charge is -2.29. The van der Waals surface area contributed by atoms with E-state index in [-0.39, 0.29) is 18.9 Å². The van der Waals surface area contributed by atoms with E-state index in [0.29, 0.717) is 18.0 Å². The van der Waals surface area contributed by atoms with Crippen molar-refractivity contribution >= 4 is 11.6 Å². The largest absolute Gasteiger partial charge is 0.497 e. The summed E-state index contributed by atoms with van der Waals surface area (Å²) in [6.45, 7) is 2.36. The first kappa shape index (κ1) is 23.1. The van der Waals surface area contributed by atoms with Crippen molar-refractivity contribution in [2.75, 3.05) is 25.2 Å². The molecule has 36 heavy (non-hydrogen) atoms. The number of fused-ring (bicyclic) bond motifs is 1. The number of rotatable bonds is 6. The van der Waals surface area contributed by atoms with Gasteiger partial charge < -0.3 is 14.4 Å². The smallest absolute Gasteiger partial charge is 0.265 e. The van der Waals surface area contributed by atoms with E-state index in [4.69, 9.17) is 19.7 Å². The van der Waals surface area contributed by atoms with Crippen LogP contribution >= 0.6 is 0 Å². The molecule has 0 atom stereocenters. The zero-order chi connectivity index (χ0) is 25.1. The number of methoxy groups -OCH3 is 1. The van der Waals surface area contributed by atoms with Gasteiger partial charge in [0.25, 0.3) is 5.91 Å². The van der Waals surface area contributed by atoms with E-state index in [1.165, 1.54) is 5.56 Å². The normalized spacial score (nSPS) is 12.5. The van der Waals surface area contributed by atoms with Gasteiger partial charge in [0.15, 0.2) is 6.61 Å². The van der Waals surface area contributed by atoms with Crippen LogP contribution < -0.4 is 14.4 Å². The number of hydrogen-bond donors (Lipinski definition) is 0. The Morgan fingerprint density at radius 1 is 0.917 bits per heavy atom. The molecule has 0 unspecified atom stereocenters. The van der Waals surface area contributed by atoms with Crippen molar-refractivity contribution in [3.8, 4) is 51.2 Å². The van der Waals surface area contributed by atoms with Crippen molar-refractivity contribution in [2.45, 2.75) is 13.3 Å². The highest BCUT2D eigenvalue weighted by Gasteiger charge is 2.26. The number of nitriles is 1. The minimum atomic E-state index is -0.157. The van der Waals surface area contributed by atoms with Gasteiger partial charge in [-0.15, -0.1) is 0 Å². The zero-order valence-electron chi connectivity index (χ0n) is 20.2. The van der Waals surface area contributed by atoms with Crippen molar-refractivity contribution in [1.29, 1.82) is 5.26 Å². The van der Waals surface area contributed by atoms with Gasteiger partial charge in [-0.05, 0) is 60.5 Å². The van der Waals surface area contributed by atoms with E-state index in [9.17, 15) is 4.79 Å². The second-order valence-corrected chi connectivity index (χ2v) is 8.65. The van der Waals surface area contributed by atoms with Gasteiger partial charge in [0, 0.05) is 17.7 Å². The monoisotopic (exact) mass is 475 g/mol. The summed E-state index contributed by atoms with van der Waals surface area (Å²) in [7, 11) is 1.65. The predicted octanol–water partition coefficient (Wildman–Crippen LogP) is 6.04. The Labute approximate surface area is 210 Å². The summed E-state index contributed by atoms with van der Waals surface area (Å²) in [6.07, 6.45) is 0.248. The number of nitrogens with zero attached hydrogens (tertiary/aromatic N) is 3. The molecule has 6 nitrogen and oxygen atoms in total. The first-order valence-electron chi connectivity index (χ1n) is 11.7. The summed E-state index contributed by atoms with van der Waals surface area (Å²) in [5.74, 6) is 1.26. The maximum Gasteiger partial charge on any atom is 0.265 e. The molecule has 0 bridgehead atoms. The zero-order valence-corrected chi connectivity index (χ0v) is 20.2. The van der Waals surface area contributed by atoms with E-state index in [2.05, 4.69) is 43.3 Å². The number of benzene rings is 3. The maximum absolute atomic E-state index is 12.5.